The number of hydrogen-bond donors (Lipinski definition) is 0. The molecule has 1 aromatic rings. The normalized spacial score (nSPS) is 30.3. The lowest BCUT2D eigenvalue weighted by atomic mass is 10.1. The molecule has 6 heteroatoms. The number of hydrogen-bond acceptors (Lipinski definition) is 4. The third-order valence-corrected chi connectivity index (χ3v) is 6.68. The summed E-state index contributed by atoms with van der Waals surface area (Å²) >= 11 is 0. The van der Waals surface area contributed by atoms with Gasteiger partial charge >= 0.3 is 0 Å². The lowest BCUT2D eigenvalue weighted by molar-refractivity contribution is -0.137. The molecule has 4 unspecified atom stereocenters. The monoisotopic (exact) mass is 413 g/mol. The molecule has 0 N–H and O–H groups in total. The molecule has 1 aromatic carbocycles. The van der Waals surface area contributed by atoms with Gasteiger partial charge in [-0.1, -0.05) is 29.8 Å². The zero-order valence-corrected chi connectivity index (χ0v) is 18.5. The molecule has 164 valence electrons. The number of nitrogens with zero attached hydrogens (tertiary/aromatic N) is 3. The van der Waals surface area contributed by atoms with Gasteiger partial charge in [-0.2, -0.15) is 0 Å². The van der Waals surface area contributed by atoms with Crippen LogP contribution in [0, 0.1) is 12.8 Å². The Morgan fingerprint density at radius 1 is 1.10 bits per heavy atom. The Bertz CT molecular complexity index is 755. The molecule has 3 saturated heterocycles. The Kier molecular flexibility index (Phi) is 6.44. The van der Waals surface area contributed by atoms with Crippen LogP contribution in [-0.2, 0) is 20.9 Å². The SMILES string of the molecule is Cc1ccc(CN2CC(C(=O)N3CCCC3CN3CC(C)OC(C)C3)CC2=O)cc1. The summed E-state index contributed by atoms with van der Waals surface area (Å²) in [6.07, 6.45) is 2.93. The summed E-state index contributed by atoms with van der Waals surface area (Å²) in [5.74, 6) is 0.0678. The number of likely N-dealkylation sites (tertiary alicyclic amines) is 2. The molecule has 4 atom stereocenters. The van der Waals surface area contributed by atoms with Crippen molar-refractivity contribution in [3.63, 3.8) is 0 Å². The highest BCUT2D eigenvalue weighted by atomic mass is 16.5. The van der Waals surface area contributed by atoms with Gasteiger partial charge in [-0.3, -0.25) is 14.5 Å². The smallest absolute Gasteiger partial charge is 0.228 e. The van der Waals surface area contributed by atoms with E-state index in [1.54, 1.807) is 0 Å². The van der Waals surface area contributed by atoms with Gasteiger partial charge in [-0.05, 0) is 39.2 Å². The molecule has 3 heterocycles. The van der Waals surface area contributed by atoms with E-state index in [4.69, 9.17) is 4.74 Å². The second-order valence-electron chi connectivity index (χ2n) is 9.46. The first kappa shape index (κ1) is 21.3. The summed E-state index contributed by atoms with van der Waals surface area (Å²) in [5, 5.41) is 0. The van der Waals surface area contributed by atoms with Crippen molar-refractivity contribution >= 4 is 11.8 Å². The molecule has 0 aromatic heterocycles. The maximum atomic E-state index is 13.3. The van der Waals surface area contributed by atoms with Gasteiger partial charge in [-0.15, -0.1) is 0 Å². The zero-order chi connectivity index (χ0) is 21.3. The van der Waals surface area contributed by atoms with Gasteiger partial charge < -0.3 is 14.5 Å². The highest BCUT2D eigenvalue weighted by Crippen LogP contribution is 2.27. The molecule has 3 aliphatic heterocycles. The van der Waals surface area contributed by atoms with Crippen LogP contribution >= 0.6 is 0 Å². The average molecular weight is 414 g/mol. The fraction of sp³-hybridized carbons (Fsp3) is 0.667. The summed E-state index contributed by atoms with van der Waals surface area (Å²) in [7, 11) is 0. The number of morpholine rings is 1. The lowest BCUT2D eigenvalue weighted by Gasteiger charge is -2.38. The summed E-state index contributed by atoms with van der Waals surface area (Å²) in [6.45, 7) is 11.0. The molecule has 0 spiro atoms. The molecule has 2 amide bonds. The first-order valence-electron chi connectivity index (χ1n) is 11.4. The van der Waals surface area contributed by atoms with E-state index in [9.17, 15) is 9.59 Å². The third kappa shape index (κ3) is 4.86. The number of rotatable bonds is 5. The minimum Gasteiger partial charge on any atom is -0.373 e. The number of ether oxygens (including phenoxy) is 1. The summed E-state index contributed by atoms with van der Waals surface area (Å²) in [6, 6.07) is 8.54. The molecule has 30 heavy (non-hydrogen) atoms. The maximum Gasteiger partial charge on any atom is 0.228 e. The first-order chi connectivity index (χ1) is 14.4. The van der Waals surface area contributed by atoms with Crippen LogP contribution in [0.1, 0.15) is 44.2 Å². The number of carbonyl (C=O) groups excluding carboxylic acids is 2. The van der Waals surface area contributed by atoms with Crippen LogP contribution in [0.15, 0.2) is 24.3 Å². The molecule has 0 bridgehead atoms. The van der Waals surface area contributed by atoms with Crippen LogP contribution in [0.3, 0.4) is 0 Å². The van der Waals surface area contributed by atoms with Crippen molar-refractivity contribution in [1.29, 1.82) is 0 Å². The van der Waals surface area contributed by atoms with Crippen LogP contribution in [0.5, 0.6) is 0 Å². The van der Waals surface area contributed by atoms with Gasteiger partial charge in [0, 0.05) is 51.7 Å². The highest BCUT2D eigenvalue weighted by Gasteiger charge is 2.40. The van der Waals surface area contributed by atoms with Crippen LogP contribution < -0.4 is 0 Å². The molecule has 0 saturated carbocycles. The topological polar surface area (TPSA) is 53.1 Å². The van der Waals surface area contributed by atoms with Gasteiger partial charge in [0.05, 0.1) is 18.1 Å². The number of amides is 2. The predicted octanol–water partition coefficient (Wildman–Crippen LogP) is 2.44. The largest absolute Gasteiger partial charge is 0.373 e. The van der Waals surface area contributed by atoms with Gasteiger partial charge in [-0.25, -0.2) is 0 Å². The first-order valence-corrected chi connectivity index (χ1v) is 11.4. The predicted molar refractivity (Wildman–Crippen MR) is 116 cm³/mol. The lowest BCUT2D eigenvalue weighted by Crippen LogP contribution is -2.51. The fourth-order valence-corrected chi connectivity index (χ4v) is 5.29. The van der Waals surface area contributed by atoms with Gasteiger partial charge in [0.2, 0.25) is 11.8 Å². The van der Waals surface area contributed by atoms with Crippen molar-refractivity contribution in [2.75, 3.05) is 32.7 Å². The van der Waals surface area contributed by atoms with Crippen molar-refractivity contribution in [2.45, 2.75) is 64.8 Å². The molecular formula is C24H35N3O3. The minimum absolute atomic E-state index is 0.0977. The average Bonchev–Trinajstić information content (AvgIpc) is 3.29. The quantitative estimate of drug-likeness (QED) is 0.744. The minimum atomic E-state index is -0.203. The number of aryl methyl sites for hydroxylation is 1. The second-order valence-corrected chi connectivity index (χ2v) is 9.46. The van der Waals surface area contributed by atoms with E-state index in [-0.39, 0.29) is 36.0 Å². The van der Waals surface area contributed by atoms with Gasteiger partial charge in [0.15, 0.2) is 0 Å². The van der Waals surface area contributed by atoms with Crippen molar-refractivity contribution in [2.24, 2.45) is 5.92 Å². The molecule has 3 fully saturated rings. The summed E-state index contributed by atoms with van der Waals surface area (Å²) < 4.78 is 5.85. The fourth-order valence-electron chi connectivity index (χ4n) is 5.29. The van der Waals surface area contributed by atoms with Crippen molar-refractivity contribution in [3.05, 3.63) is 35.4 Å². The van der Waals surface area contributed by atoms with E-state index in [2.05, 4.69) is 54.8 Å². The van der Waals surface area contributed by atoms with E-state index in [1.807, 2.05) is 4.90 Å². The zero-order valence-electron chi connectivity index (χ0n) is 18.5. The highest BCUT2D eigenvalue weighted by molar-refractivity contribution is 5.89. The van der Waals surface area contributed by atoms with Gasteiger partial charge in [0.1, 0.15) is 0 Å². The number of carbonyl (C=O) groups is 2. The second kappa shape index (κ2) is 9.06. The van der Waals surface area contributed by atoms with Crippen LogP contribution in [0.4, 0.5) is 0 Å². The summed E-state index contributed by atoms with van der Waals surface area (Å²) in [4.78, 5) is 32.3. The molecular weight excluding hydrogens is 378 g/mol. The molecule has 0 radical (unpaired) electrons. The van der Waals surface area contributed by atoms with Crippen molar-refractivity contribution in [3.8, 4) is 0 Å². The van der Waals surface area contributed by atoms with Crippen LogP contribution in [0.25, 0.3) is 0 Å². The molecule has 3 aliphatic rings. The van der Waals surface area contributed by atoms with E-state index in [0.29, 0.717) is 19.5 Å². The molecule has 6 nitrogen and oxygen atoms in total. The van der Waals surface area contributed by atoms with E-state index >= 15 is 0 Å². The Balaban J connectivity index is 1.35. The van der Waals surface area contributed by atoms with Crippen LogP contribution in [-0.4, -0.2) is 77.5 Å². The van der Waals surface area contributed by atoms with E-state index in [0.717, 1.165) is 44.6 Å². The Morgan fingerprint density at radius 3 is 2.50 bits per heavy atom. The summed E-state index contributed by atoms with van der Waals surface area (Å²) in [5.41, 5.74) is 2.33. The number of benzene rings is 1. The van der Waals surface area contributed by atoms with Crippen molar-refractivity contribution < 1.29 is 14.3 Å². The third-order valence-electron chi connectivity index (χ3n) is 6.68. The van der Waals surface area contributed by atoms with Crippen LogP contribution in [0.2, 0.25) is 0 Å². The standard InChI is InChI=1S/C24H35N3O3/c1-17-6-8-20(9-7-17)14-26-15-21(11-23(26)28)24(29)27-10-4-5-22(27)16-25-12-18(2)30-19(3)13-25/h6-9,18-19,21-22H,4-5,10-16H2,1-3H3. The van der Waals surface area contributed by atoms with Gasteiger partial charge in [0.25, 0.3) is 0 Å². The Hall–Kier alpha value is -1.92. The molecule has 4 rings (SSSR count). The maximum absolute atomic E-state index is 13.3. The van der Waals surface area contributed by atoms with E-state index in [1.165, 1.54) is 5.56 Å². The molecule has 0 aliphatic carbocycles. The van der Waals surface area contributed by atoms with E-state index < -0.39 is 0 Å². The Labute approximate surface area is 180 Å². The van der Waals surface area contributed by atoms with Crippen molar-refractivity contribution in [1.82, 2.24) is 14.7 Å². The Morgan fingerprint density at radius 2 is 1.80 bits per heavy atom.